The first-order valence-electron chi connectivity index (χ1n) is 17.1. The summed E-state index contributed by atoms with van der Waals surface area (Å²) in [5.41, 5.74) is -0.347. The lowest BCUT2D eigenvalue weighted by molar-refractivity contribution is -0.274. The molecule has 5 amide bonds. The average molecular weight is 723 g/mol. The zero-order valence-electron chi connectivity index (χ0n) is 29.4. The Kier molecular flexibility index (Phi) is 10.2. The van der Waals surface area contributed by atoms with Gasteiger partial charge in [0.2, 0.25) is 0 Å². The number of pyridine rings is 2. The Morgan fingerprint density at radius 2 is 1.19 bits per heavy atom. The second kappa shape index (κ2) is 14.5. The molecule has 3 aliphatic rings. The molecule has 2 aromatic heterocycles. The molecule has 0 aliphatic carbocycles. The van der Waals surface area contributed by atoms with Gasteiger partial charge in [-0.2, -0.15) is 0 Å². The van der Waals surface area contributed by atoms with Crippen molar-refractivity contribution in [1.29, 1.82) is 0 Å². The van der Waals surface area contributed by atoms with Crippen LogP contribution < -0.4 is 15.0 Å². The van der Waals surface area contributed by atoms with E-state index in [2.05, 4.69) is 29.8 Å². The van der Waals surface area contributed by atoms with Gasteiger partial charge in [-0.05, 0) is 61.6 Å². The lowest BCUT2D eigenvalue weighted by Gasteiger charge is -2.40. The molecule has 3 aromatic rings. The van der Waals surface area contributed by atoms with Crippen LogP contribution in [0.3, 0.4) is 0 Å². The molecule has 3 aliphatic heterocycles. The molecule has 5 heterocycles. The summed E-state index contributed by atoms with van der Waals surface area (Å²) >= 11 is 0. The van der Waals surface area contributed by atoms with E-state index in [1.165, 1.54) is 36.9 Å². The number of benzene rings is 1. The number of carbonyl (C=O) groups excluding carboxylic acids is 4. The van der Waals surface area contributed by atoms with Crippen molar-refractivity contribution in [3.05, 3.63) is 83.4 Å². The fourth-order valence-electron chi connectivity index (χ4n) is 7.33. The number of amides is 5. The van der Waals surface area contributed by atoms with Crippen molar-refractivity contribution in [2.24, 2.45) is 0 Å². The highest BCUT2D eigenvalue weighted by Crippen LogP contribution is 2.46. The zero-order valence-corrected chi connectivity index (χ0v) is 29.4. The lowest BCUT2D eigenvalue weighted by Crippen LogP contribution is -2.56. The molecule has 3 fully saturated rings. The Morgan fingerprint density at radius 1 is 0.750 bits per heavy atom. The number of carbonyl (C=O) groups is 4. The predicted octanol–water partition coefficient (Wildman–Crippen LogP) is 3.55. The van der Waals surface area contributed by atoms with Crippen LogP contribution in [-0.4, -0.2) is 132 Å². The number of aromatic nitrogens is 2. The van der Waals surface area contributed by atoms with Crippen molar-refractivity contribution in [2.45, 2.75) is 37.6 Å². The molecule has 2 unspecified atom stereocenters. The number of piperazine rings is 2. The number of hydrogen-bond acceptors (Lipinski definition) is 9. The summed E-state index contributed by atoms with van der Waals surface area (Å²) in [7, 11) is 3.95. The third-order valence-electron chi connectivity index (χ3n) is 10.5. The molecule has 1 aromatic carbocycles. The summed E-state index contributed by atoms with van der Waals surface area (Å²) in [6.45, 7) is 8.16. The second-order valence-electron chi connectivity index (χ2n) is 13.5. The van der Waals surface area contributed by atoms with E-state index in [0.717, 1.165) is 17.0 Å². The predicted molar refractivity (Wildman–Crippen MR) is 184 cm³/mol. The molecular weight excluding hydrogens is 681 g/mol. The number of halogens is 3. The summed E-state index contributed by atoms with van der Waals surface area (Å²) in [5.74, 6) is -3.54. The summed E-state index contributed by atoms with van der Waals surface area (Å²) in [4.78, 5) is 74.1. The number of alkyl halides is 3. The number of imide groups is 1. The SMILES string of the molecule is CC(c1ccncc1C(=O)N1CCN(C)CC1)C1(C(C)c2ccncc2C(=O)N2CCN(C)CC2)NC(=O)N(c2ccc(OC(F)(F)F)cc2)C1=O. The number of urea groups is 1. The van der Waals surface area contributed by atoms with Gasteiger partial charge in [-0.1, -0.05) is 13.8 Å². The van der Waals surface area contributed by atoms with Crippen LogP contribution in [0.5, 0.6) is 5.75 Å². The van der Waals surface area contributed by atoms with E-state index in [1.54, 1.807) is 35.8 Å². The highest BCUT2D eigenvalue weighted by Gasteiger charge is 2.59. The van der Waals surface area contributed by atoms with Crippen LogP contribution in [0.4, 0.5) is 23.7 Å². The Hall–Kier alpha value is -5.09. The van der Waals surface area contributed by atoms with Gasteiger partial charge >= 0.3 is 12.4 Å². The first-order valence-corrected chi connectivity index (χ1v) is 17.1. The van der Waals surface area contributed by atoms with Crippen LogP contribution in [0.15, 0.2) is 61.2 Å². The maximum atomic E-state index is 15.0. The molecule has 0 spiro atoms. The lowest BCUT2D eigenvalue weighted by atomic mass is 9.68. The zero-order chi connectivity index (χ0) is 37.4. The van der Waals surface area contributed by atoms with Crippen molar-refractivity contribution >= 4 is 29.4 Å². The molecule has 13 nitrogen and oxygen atoms in total. The quantitative estimate of drug-likeness (QED) is 0.347. The van der Waals surface area contributed by atoms with Gasteiger partial charge < -0.3 is 29.7 Å². The standard InChI is InChI=1S/C36H41F3N8O5/c1-23(27-9-11-40-21-29(27)31(48)45-17-13-43(3)14-18-45)35(24(2)28-10-12-41-22-30(28)32(49)46-19-15-44(4)16-20-46)33(50)47(34(51)42-35)25-5-7-26(8-6-25)52-36(37,38)39/h5-12,21-24H,13-20H2,1-4H3,(H,42,51). The van der Waals surface area contributed by atoms with Gasteiger partial charge in [-0.25, -0.2) is 9.69 Å². The number of likely N-dealkylation sites (N-methyl/N-ethyl adjacent to an activating group) is 2. The van der Waals surface area contributed by atoms with Crippen LogP contribution in [0.1, 0.15) is 57.5 Å². The van der Waals surface area contributed by atoms with Crippen molar-refractivity contribution in [3.63, 3.8) is 0 Å². The third kappa shape index (κ3) is 7.04. The fourth-order valence-corrected chi connectivity index (χ4v) is 7.33. The van der Waals surface area contributed by atoms with Gasteiger partial charge in [-0.15, -0.1) is 13.2 Å². The first kappa shape index (κ1) is 36.7. The van der Waals surface area contributed by atoms with Crippen LogP contribution in [-0.2, 0) is 4.79 Å². The summed E-state index contributed by atoms with van der Waals surface area (Å²) in [6.07, 6.45) is 1.00. The van der Waals surface area contributed by atoms with Crippen molar-refractivity contribution in [2.75, 3.05) is 71.4 Å². The van der Waals surface area contributed by atoms with Gasteiger partial charge in [-0.3, -0.25) is 24.4 Å². The van der Waals surface area contributed by atoms with Gasteiger partial charge in [0, 0.05) is 89.0 Å². The van der Waals surface area contributed by atoms with Crippen LogP contribution >= 0.6 is 0 Å². The minimum Gasteiger partial charge on any atom is -0.406 e. The normalized spacial score (nSPS) is 21.6. The molecule has 0 bridgehead atoms. The molecule has 0 radical (unpaired) electrons. The Balaban J connectivity index is 1.44. The number of ether oxygens (including phenoxy) is 1. The van der Waals surface area contributed by atoms with E-state index in [9.17, 15) is 27.6 Å². The van der Waals surface area contributed by atoms with Crippen molar-refractivity contribution in [3.8, 4) is 5.75 Å². The van der Waals surface area contributed by atoms with E-state index < -0.39 is 41.4 Å². The average Bonchev–Trinajstić information content (AvgIpc) is 3.40. The van der Waals surface area contributed by atoms with Crippen LogP contribution in [0, 0.1) is 0 Å². The Morgan fingerprint density at radius 3 is 1.62 bits per heavy atom. The van der Waals surface area contributed by atoms with Crippen LogP contribution in [0.25, 0.3) is 0 Å². The van der Waals surface area contributed by atoms with Crippen molar-refractivity contribution < 1.29 is 37.1 Å². The van der Waals surface area contributed by atoms with Gasteiger partial charge in [0.15, 0.2) is 0 Å². The van der Waals surface area contributed by atoms with Crippen molar-refractivity contribution in [1.82, 2.24) is 34.9 Å². The molecule has 0 saturated carbocycles. The number of hydrogen-bond donors (Lipinski definition) is 1. The molecular formula is C36H41F3N8O5. The monoisotopic (exact) mass is 722 g/mol. The molecule has 3 saturated heterocycles. The molecule has 6 rings (SSSR count). The number of rotatable bonds is 8. The number of anilines is 1. The van der Waals surface area contributed by atoms with E-state index in [0.29, 0.717) is 63.5 Å². The number of nitrogens with one attached hydrogen (secondary N) is 1. The van der Waals surface area contributed by atoms with Gasteiger partial charge in [0.1, 0.15) is 11.3 Å². The maximum absolute atomic E-state index is 15.0. The molecule has 2 atom stereocenters. The smallest absolute Gasteiger partial charge is 0.406 e. The Bertz CT molecular complexity index is 1740. The van der Waals surface area contributed by atoms with Crippen LogP contribution in [0.2, 0.25) is 0 Å². The molecule has 52 heavy (non-hydrogen) atoms. The highest BCUT2D eigenvalue weighted by molar-refractivity contribution is 6.24. The summed E-state index contributed by atoms with van der Waals surface area (Å²) < 4.78 is 42.7. The minimum absolute atomic E-state index is 0.00484. The Labute approximate surface area is 299 Å². The summed E-state index contributed by atoms with van der Waals surface area (Å²) in [5, 5.41) is 2.94. The molecule has 276 valence electrons. The fraction of sp³-hybridized carbons (Fsp3) is 0.444. The number of nitrogens with zero attached hydrogens (tertiary/aromatic N) is 7. The summed E-state index contributed by atoms with van der Waals surface area (Å²) in [6, 6.07) is 6.88. The largest absolute Gasteiger partial charge is 0.573 e. The molecule has 16 heteroatoms. The second-order valence-corrected chi connectivity index (χ2v) is 13.5. The minimum atomic E-state index is -4.93. The van der Waals surface area contributed by atoms with E-state index >= 15 is 4.79 Å². The first-order chi connectivity index (χ1) is 24.7. The van der Waals surface area contributed by atoms with E-state index in [-0.39, 0.29) is 28.6 Å². The highest BCUT2D eigenvalue weighted by atomic mass is 19.4. The van der Waals surface area contributed by atoms with E-state index in [4.69, 9.17) is 0 Å². The van der Waals surface area contributed by atoms with Gasteiger partial charge in [0.05, 0.1) is 16.8 Å². The topological polar surface area (TPSA) is 132 Å². The molecule has 1 N–H and O–H groups in total. The van der Waals surface area contributed by atoms with Gasteiger partial charge in [0.25, 0.3) is 17.7 Å². The maximum Gasteiger partial charge on any atom is 0.573 e. The van der Waals surface area contributed by atoms with E-state index in [1.807, 2.05) is 14.1 Å². The third-order valence-corrected chi connectivity index (χ3v) is 10.5.